The average Bonchev–Trinajstić information content (AvgIpc) is 2.68. The third-order valence-corrected chi connectivity index (χ3v) is 3.81. The summed E-state index contributed by atoms with van der Waals surface area (Å²) >= 11 is 0. The van der Waals surface area contributed by atoms with Gasteiger partial charge in [0.15, 0.2) is 0 Å². The zero-order chi connectivity index (χ0) is 11.5. The molecule has 2 fully saturated rings. The Morgan fingerprint density at radius 2 is 2.19 bits per heavy atom. The highest BCUT2D eigenvalue weighted by atomic mass is 16.2. The summed E-state index contributed by atoms with van der Waals surface area (Å²) in [6, 6.07) is 0.137. The highest BCUT2D eigenvalue weighted by Crippen LogP contribution is 2.31. The molecule has 0 spiro atoms. The molecule has 2 amide bonds. The van der Waals surface area contributed by atoms with Gasteiger partial charge < -0.3 is 10.6 Å². The molecular formula is C12H20N2O2. The van der Waals surface area contributed by atoms with Gasteiger partial charge in [0.05, 0.1) is 0 Å². The minimum absolute atomic E-state index is 0.0970. The molecule has 1 saturated carbocycles. The number of piperidine rings is 1. The van der Waals surface area contributed by atoms with E-state index >= 15 is 0 Å². The van der Waals surface area contributed by atoms with E-state index in [9.17, 15) is 9.59 Å². The number of nitrogens with one attached hydrogen (secondary N) is 2. The van der Waals surface area contributed by atoms with E-state index in [1.54, 1.807) is 0 Å². The molecule has 2 rings (SSSR count). The summed E-state index contributed by atoms with van der Waals surface area (Å²) in [5.41, 5.74) is 0. The summed E-state index contributed by atoms with van der Waals surface area (Å²) in [5, 5.41) is 5.84. The van der Waals surface area contributed by atoms with Crippen molar-refractivity contribution in [3.05, 3.63) is 0 Å². The molecule has 1 heterocycles. The van der Waals surface area contributed by atoms with E-state index in [4.69, 9.17) is 0 Å². The smallest absolute Gasteiger partial charge is 0.223 e. The lowest BCUT2D eigenvalue weighted by Gasteiger charge is -2.25. The lowest BCUT2D eigenvalue weighted by molar-refractivity contribution is -0.128. The number of carbonyl (C=O) groups is 2. The molecule has 2 aliphatic rings. The monoisotopic (exact) mass is 224 g/mol. The topological polar surface area (TPSA) is 58.2 Å². The lowest BCUT2D eigenvalue weighted by Crippen LogP contribution is -2.49. The molecule has 4 nitrogen and oxygen atoms in total. The maximum atomic E-state index is 12.0. The predicted molar refractivity (Wildman–Crippen MR) is 60.7 cm³/mol. The van der Waals surface area contributed by atoms with Crippen LogP contribution in [0.3, 0.4) is 0 Å². The number of hydrogen-bond donors (Lipinski definition) is 2. The highest BCUT2D eigenvalue weighted by molar-refractivity contribution is 5.80. The maximum Gasteiger partial charge on any atom is 0.223 e. The number of rotatable bonds is 2. The first-order chi connectivity index (χ1) is 7.66. The van der Waals surface area contributed by atoms with Gasteiger partial charge in [-0.15, -0.1) is 0 Å². The fourth-order valence-corrected chi connectivity index (χ4v) is 2.70. The van der Waals surface area contributed by atoms with Crippen LogP contribution in [-0.4, -0.2) is 24.4 Å². The standard InChI is InChI=1S/C12H20N2O2/c1-8-3-2-4-10(8)12(16)14-9-5-6-11(15)13-7-9/h8-10H,2-7H2,1H3,(H,13,15)(H,14,16). The van der Waals surface area contributed by atoms with Crippen molar-refractivity contribution in [2.45, 2.75) is 45.1 Å². The van der Waals surface area contributed by atoms with Crippen LogP contribution in [0.15, 0.2) is 0 Å². The lowest BCUT2D eigenvalue weighted by atomic mass is 9.96. The van der Waals surface area contributed by atoms with Crippen molar-refractivity contribution in [1.29, 1.82) is 0 Å². The molecule has 0 aromatic rings. The van der Waals surface area contributed by atoms with Crippen LogP contribution < -0.4 is 10.6 Å². The Balaban J connectivity index is 1.80. The van der Waals surface area contributed by atoms with E-state index in [-0.39, 0.29) is 23.8 Å². The molecule has 16 heavy (non-hydrogen) atoms. The van der Waals surface area contributed by atoms with E-state index in [2.05, 4.69) is 17.6 Å². The highest BCUT2D eigenvalue weighted by Gasteiger charge is 2.31. The third-order valence-electron chi connectivity index (χ3n) is 3.81. The molecule has 0 aromatic heterocycles. The fraction of sp³-hybridized carbons (Fsp3) is 0.833. The normalized spacial score (nSPS) is 34.6. The largest absolute Gasteiger partial charge is 0.354 e. The average molecular weight is 224 g/mol. The molecule has 2 N–H and O–H groups in total. The van der Waals surface area contributed by atoms with Crippen molar-refractivity contribution in [2.24, 2.45) is 11.8 Å². The zero-order valence-corrected chi connectivity index (χ0v) is 9.79. The van der Waals surface area contributed by atoms with Crippen LogP contribution in [0.5, 0.6) is 0 Å². The second-order valence-electron chi connectivity index (χ2n) is 5.06. The molecule has 3 unspecified atom stereocenters. The first-order valence-corrected chi connectivity index (χ1v) is 6.24. The van der Waals surface area contributed by atoms with Gasteiger partial charge in [-0.05, 0) is 25.2 Å². The van der Waals surface area contributed by atoms with Crippen LogP contribution in [0, 0.1) is 11.8 Å². The molecule has 3 atom stereocenters. The van der Waals surface area contributed by atoms with Gasteiger partial charge in [0.25, 0.3) is 0 Å². The van der Waals surface area contributed by atoms with Crippen molar-refractivity contribution < 1.29 is 9.59 Å². The third kappa shape index (κ3) is 2.54. The van der Waals surface area contributed by atoms with Crippen molar-refractivity contribution >= 4 is 11.8 Å². The van der Waals surface area contributed by atoms with Gasteiger partial charge in [-0.1, -0.05) is 13.3 Å². The summed E-state index contributed by atoms with van der Waals surface area (Å²) in [4.78, 5) is 23.0. The zero-order valence-electron chi connectivity index (χ0n) is 9.79. The first-order valence-electron chi connectivity index (χ1n) is 6.24. The van der Waals surface area contributed by atoms with E-state index in [0.717, 1.165) is 12.8 Å². The molecule has 0 bridgehead atoms. The number of amides is 2. The predicted octanol–water partition coefficient (Wildman–Crippen LogP) is 0.817. The Morgan fingerprint density at radius 1 is 1.38 bits per heavy atom. The van der Waals surface area contributed by atoms with Crippen molar-refractivity contribution in [3.63, 3.8) is 0 Å². The van der Waals surface area contributed by atoms with Gasteiger partial charge in [0, 0.05) is 24.9 Å². The quantitative estimate of drug-likeness (QED) is 0.729. The van der Waals surface area contributed by atoms with Gasteiger partial charge in [-0.25, -0.2) is 0 Å². The molecule has 1 aliphatic carbocycles. The number of hydrogen-bond acceptors (Lipinski definition) is 2. The first kappa shape index (κ1) is 11.4. The van der Waals surface area contributed by atoms with Crippen LogP contribution in [0.4, 0.5) is 0 Å². The van der Waals surface area contributed by atoms with E-state index < -0.39 is 0 Å². The summed E-state index contributed by atoms with van der Waals surface area (Å²) in [7, 11) is 0. The van der Waals surface area contributed by atoms with Crippen molar-refractivity contribution in [2.75, 3.05) is 6.54 Å². The molecule has 0 aromatic carbocycles. The van der Waals surface area contributed by atoms with E-state index in [1.807, 2.05) is 0 Å². The van der Waals surface area contributed by atoms with Crippen LogP contribution >= 0.6 is 0 Å². The Labute approximate surface area is 96.2 Å². The van der Waals surface area contributed by atoms with Crippen LogP contribution in [0.1, 0.15) is 39.0 Å². The minimum Gasteiger partial charge on any atom is -0.354 e. The maximum absolute atomic E-state index is 12.0. The van der Waals surface area contributed by atoms with Crippen LogP contribution in [0.25, 0.3) is 0 Å². The van der Waals surface area contributed by atoms with E-state index in [0.29, 0.717) is 18.9 Å². The summed E-state index contributed by atoms with van der Waals surface area (Å²) in [5.74, 6) is 0.988. The van der Waals surface area contributed by atoms with Crippen LogP contribution in [-0.2, 0) is 9.59 Å². The summed E-state index contributed by atoms with van der Waals surface area (Å²) in [6.07, 6.45) is 4.66. The van der Waals surface area contributed by atoms with Gasteiger partial charge in [0.1, 0.15) is 0 Å². The van der Waals surface area contributed by atoms with Gasteiger partial charge >= 0.3 is 0 Å². The molecule has 0 radical (unpaired) electrons. The van der Waals surface area contributed by atoms with E-state index in [1.165, 1.54) is 12.8 Å². The Morgan fingerprint density at radius 3 is 2.75 bits per heavy atom. The van der Waals surface area contributed by atoms with Gasteiger partial charge in [-0.3, -0.25) is 9.59 Å². The summed E-state index contributed by atoms with van der Waals surface area (Å²) in [6.45, 7) is 2.74. The SMILES string of the molecule is CC1CCCC1C(=O)NC1CCC(=O)NC1. The fourth-order valence-electron chi connectivity index (χ4n) is 2.70. The molecule has 1 aliphatic heterocycles. The molecule has 4 heteroatoms. The Bertz CT molecular complexity index is 281. The Hall–Kier alpha value is -1.06. The van der Waals surface area contributed by atoms with Crippen molar-refractivity contribution in [3.8, 4) is 0 Å². The second-order valence-corrected chi connectivity index (χ2v) is 5.06. The summed E-state index contributed by atoms with van der Waals surface area (Å²) < 4.78 is 0. The molecule has 1 saturated heterocycles. The molecular weight excluding hydrogens is 204 g/mol. The van der Waals surface area contributed by atoms with Crippen molar-refractivity contribution in [1.82, 2.24) is 10.6 Å². The van der Waals surface area contributed by atoms with Gasteiger partial charge in [0.2, 0.25) is 11.8 Å². The van der Waals surface area contributed by atoms with Crippen LogP contribution in [0.2, 0.25) is 0 Å². The molecule has 90 valence electrons. The Kier molecular flexibility index (Phi) is 3.46. The van der Waals surface area contributed by atoms with Gasteiger partial charge in [-0.2, -0.15) is 0 Å². The number of carbonyl (C=O) groups excluding carboxylic acids is 2. The second kappa shape index (κ2) is 4.85. The minimum atomic E-state index is 0.0970.